The average molecular weight is 321 g/mol. The molecule has 1 rings (SSSR count). The van der Waals surface area contributed by atoms with Gasteiger partial charge in [0, 0.05) is 38.6 Å². The summed E-state index contributed by atoms with van der Waals surface area (Å²) < 4.78 is 31.0. The van der Waals surface area contributed by atoms with Gasteiger partial charge >= 0.3 is 0 Å². The van der Waals surface area contributed by atoms with Crippen molar-refractivity contribution >= 4 is 15.9 Å². The van der Waals surface area contributed by atoms with Gasteiger partial charge in [-0.2, -0.15) is 4.31 Å². The maximum absolute atomic E-state index is 12.2. The third-order valence-corrected chi connectivity index (χ3v) is 5.35. The van der Waals surface area contributed by atoms with Gasteiger partial charge in [-0.25, -0.2) is 8.42 Å². The minimum atomic E-state index is -3.31. The van der Waals surface area contributed by atoms with E-state index in [1.807, 2.05) is 13.8 Å². The molecule has 0 spiro atoms. The van der Waals surface area contributed by atoms with Crippen molar-refractivity contribution in [2.24, 2.45) is 11.7 Å². The molecule has 0 aromatic heterocycles. The molecule has 0 aromatic carbocycles. The molecule has 1 amide bonds. The first-order valence-corrected chi connectivity index (χ1v) is 8.97. The van der Waals surface area contributed by atoms with Crippen molar-refractivity contribution in [2.45, 2.75) is 26.9 Å². The van der Waals surface area contributed by atoms with Crippen molar-refractivity contribution in [1.29, 1.82) is 0 Å². The zero-order valence-corrected chi connectivity index (χ0v) is 13.9. The number of carbonyl (C=O) groups is 1. The molecule has 1 aliphatic heterocycles. The molecule has 0 saturated carbocycles. The molecular formula is C13H27N3O4S. The fourth-order valence-electron chi connectivity index (χ4n) is 2.12. The fraction of sp³-hybridized carbons (Fsp3) is 0.923. The van der Waals surface area contributed by atoms with Gasteiger partial charge in [-0.15, -0.1) is 0 Å². The standard InChI is InChI=1S/C13H27N3O4S/c1-11(2)20-8-9-21(18,19)16-6-4-15(5-7-16)13(17)12(3)10-14/h11-12H,4-10,14H2,1-3H3. The Morgan fingerprint density at radius 2 is 1.76 bits per heavy atom. The number of amides is 1. The topological polar surface area (TPSA) is 92.9 Å². The minimum Gasteiger partial charge on any atom is -0.378 e. The largest absolute Gasteiger partial charge is 0.378 e. The SMILES string of the molecule is CC(C)OCCS(=O)(=O)N1CCN(C(=O)C(C)CN)CC1. The lowest BCUT2D eigenvalue weighted by atomic mass is 10.1. The van der Waals surface area contributed by atoms with Crippen molar-refractivity contribution in [3.63, 3.8) is 0 Å². The number of ether oxygens (including phenoxy) is 1. The summed E-state index contributed by atoms with van der Waals surface area (Å²) in [6, 6.07) is 0. The molecule has 1 fully saturated rings. The summed E-state index contributed by atoms with van der Waals surface area (Å²) in [4.78, 5) is 13.7. The predicted molar refractivity (Wildman–Crippen MR) is 81.2 cm³/mol. The maximum Gasteiger partial charge on any atom is 0.226 e. The van der Waals surface area contributed by atoms with Crippen LogP contribution in [0.1, 0.15) is 20.8 Å². The molecule has 1 saturated heterocycles. The van der Waals surface area contributed by atoms with Gasteiger partial charge in [-0.05, 0) is 13.8 Å². The Bertz CT molecular complexity index is 431. The van der Waals surface area contributed by atoms with Crippen LogP contribution in [0.25, 0.3) is 0 Å². The Morgan fingerprint density at radius 3 is 2.24 bits per heavy atom. The molecule has 0 aliphatic carbocycles. The van der Waals surface area contributed by atoms with E-state index in [4.69, 9.17) is 10.5 Å². The summed E-state index contributed by atoms with van der Waals surface area (Å²) in [6.07, 6.45) is 0.0208. The van der Waals surface area contributed by atoms with Gasteiger partial charge in [0.25, 0.3) is 0 Å². The molecule has 1 aliphatic rings. The summed E-state index contributed by atoms with van der Waals surface area (Å²) in [5.41, 5.74) is 5.49. The van der Waals surface area contributed by atoms with Crippen LogP contribution in [-0.2, 0) is 19.6 Å². The van der Waals surface area contributed by atoms with Crippen LogP contribution < -0.4 is 5.73 Å². The third kappa shape index (κ3) is 5.54. The van der Waals surface area contributed by atoms with Gasteiger partial charge < -0.3 is 15.4 Å². The normalized spacial score (nSPS) is 19.0. The van der Waals surface area contributed by atoms with E-state index in [2.05, 4.69) is 0 Å². The van der Waals surface area contributed by atoms with Crippen molar-refractivity contribution in [3.8, 4) is 0 Å². The molecule has 1 atom stereocenters. The highest BCUT2D eigenvalue weighted by Crippen LogP contribution is 2.11. The molecule has 8 heteroatoms. The number of rotatable bonds is 7. The summed E-state index contributed by atoms with van der Waals surface area (Å²) in [7, 11) is -3.31. The van der Waals surface area contributed by atoms with E-state index < -0.39 is 10.0 Å². The quantitative estimate of drug-likeness (QED) is 0.681. The van der Waals surface area contributed by atoms with Gasteiger partial charge in [-0.1, -0.05) is 6.92 Å². The zero-order valence-electron chi connectivity index (χ0n) is 13.1. The summed E-state index contributed by atoms with van der Waals surface area (Å²) >= 11 is 0. The number of nitrogens with two attached hydrogens (primary N) is 1. The van der Waals surface area contributed by atoms with Gasteiger partial charge in [0.2, 0.25) is 15.9 Å². The Balaban J connectivity index is 2.46. The number of sulfonamides is 1. The van der Waals surface area contributed by atoms with Crippen LogP contribution in [0.3, 0.4) is 0 Å². The highest BCUT2D eigenvalue weighted by atomic mass is 32.2. The second-order valence-electron chi connectivity index (χ2n) is 5.60. The second kappa shape index (κ2) is 8.07. The molecule has 1 unspecified atom stereocenters. The van der Waals surface area contributed by atoms with E-state index in [0.29, 0.717) is 32.7 Å². The molecule has 7 nitrogen and oxygen atoms in total. The lowest BCUT2D eigenvalue weighted by Gasteiger charge is -2.35. The zero-order chi connectivity index (χ0) is 16.0. The Kier molecular flexibility index (Phi) is 7.05. The molecule has 1 heterocycles. The number of hydrogen-bond acceptors (Lipinski definition) is 5. The van der Waals surface area contributed by atoms with Crippen molar-refractivity contribution in [2.75, 3.05) is 45.1 Å². The Labute approximate surface area is 127 Å². The van der Waals surface area contributed by atoms with Crippen LogP contribution >= 0.6 is 0 Å². The Hall–Kier alpha value is -0.700. The average Bonchev–Trinajstić information content (AvgIpc) is 2.45. The van der Waals surface area contributed by atoms with Gasteiger partial charge in [0.05, 0.1) is 18.5 Å². The lowest BCUT2D eigenvalue weighted by molar-refractivity contribution is -0.135. The van der Waals surface area contributed by atoms with Crippen LogP contribution in [-0.4, -0.2) is 74.7 Å². The highest BCUT2D eigenvalue weighted by Gasteiger charge is 2.29. The highest BCUT2D eigenvalue weighted by molar-refractivity contribution is 7.89. The van der Waals surface area contributed by atoms with E-state index in [1.165, 1.54) is 4.31 Å². The van der Waals surface area contributed by atoms with Gasteiger partial charge in [-0.3, -0.25) is 4.79 Å². The van der Waals surface area contributed by atoms with E-state index >= 15 is 0 Å². The van der Waals surface area contributed by atoms with E-state index in [1.54, 1.807) is 11.8 Å². The summed E-state index contributed by atoms with van der Waals surface area (Å²) in [5.74, 6) is -0.233. The van der Waals surface area contributed by atoms with Crippen molar-refractivity contribution in [3.05, 3.63) is 0 Å². The van der Waals surface area contributed by atoms with Crippen LogP contribution in [0.15, 0.2) is 0 Å². The third-order valence-electron chi connectivity index (χ3n) is 3.51. The molecule has 21 heavy (non-hydrogen) atoms. The summed E-state index contributed by atoms with van der Waals surface area (Å²) in [6.45, 7) is 7.56. The number of nitrogens with zero attached hydrogens (tertiary/aromatic N) is 2. The molecule has 0 aromatic rings. The number of piperazine rings is 1. The van der Waals surface area contributed by atoms with Crippen molar-refractivity contribution < 1.29 is 17.9 Å². The van der Waals surface area contributed by atoms with E-state index in [9.17, 15) is 13.2 Å². The number of hydrogen-bond donors (Lipinski definition) is 1. The van der Waals surface area contributed by atoms with Gasteiger partial charge in [0.1, 0.15) is 0 Å². The van der Waals surface area contributed by atoms with Crippen molar-refractivity contribution in [1.82, 2.24) is 9.21 Å². The summed E-state index contributed by atoms with van der Waals surface area (Å²) in [5, 5.41) is 0. The van der Waals surface area contributed by atoms with Crippen LogP contribution in [0.2, 0.25) is 0 Å². The molecular weight excluding hydrogens is 294 g/mol. The second-order valence-corrected chi connectivity index (χ2v) is 7.69. The smallest absolute Gasteiger partial charge is 0.226 e. The minimum absolute atomic E-state index is 0.00214. The first-order chi connectivity index (χ1) is 9.77. The monoisotopic (exact) mass is 321 g/mol. The molecule has 0 radical (unpaired) electrons. The van der Waals surface area contributed by atoms with Gasteiger partial charge in [0.15, 0.2) is 0 Å². The first-order valence-electron chi connectivity index (χ1n) is 7.36. The Morgan fingerprint density at radius 1 is 1.19 bits per heavy atom. The molecule has 0 bridgehead atoms. The van der Waals surface area contributed by atoms with E-state index in [-0.39, 0.29) is 30.3 Å². The van der Waals surface area contributed by atoms with E-state index in [0.717, 1.165) is 0 Å². The maximum atomic E-state index is 12.2. The lowest BCUT2D eigenvalue weighted by Crippen LogP contribution is -2.52. The molecule has 2 N–H and O–H groups in total. The molecule has 124 valence electrons. The predicted octanol–water partition coefficient (Wildman–Crippen LogP) is -0.520. The van der Waals surface area contributed by atoms with Crippen LogP contribution in [0, 0.1) is 5.92 Å². The fourth-order valence-corrected chi connectivity index (χ4v) is 3.40. The first kappa shape index (κ1) is 18.3. The van der Waals surface area contributed by atoms with Crippen LogP contribution in [0.4, 0.5) is 0 Å². The number of carbonyl (C=O) groups excluding carboxylic acids is 1. The van der Waals surface area contributed by atoms with Crippen LogP contribution in [0.5, 0.6) is 0 Å².